The number of phenols is 1. The van der Waals surface area contributed by atoms with Gasteiger partial charge in [0.2, 0.25) is 5.91 Å². The molecule has 146 valence electrons. The number of benzene rings is 3. The predicted octanol–water partition coefficient (Wildman–Crippen LogP) is 4.01. The number of nitrogens with one attached hydrogen (secondary N) is 1. The fourth-order valence-corrected chi connectivity index (χ4v) is 3.13. The summed E-state index contributed by atoms with van der Waals surface area (Å²) in [7, 11) is 3.08. The zero-order valence-corrected chi connectivity index (χ0v) is 15.8. The summed E-state index contributed by atoms with van der Waals surface area (Å²) in [6.45, 7) is 0. The maximum absolute atomic E-state index is 12.4. The summed E-state index contributed by atoms with van der Waals surface area (Å²) in [6, 6.07) is 15.7. The fourth-order valence-electron chi connectivity index (χ4n) is 3.13. The lowest BCUT2D eigenvalue weighted by molar-refractivity contribution is -0.116. The minimum absolute atomic E-state index is 0.131. The quantitative estimate of drug-likeness (QED) is 0.575. The third kappa shape index (κ3) is 4.18. The Bertz CT molecular complexity index is 986. The minimum atomic E-state index is -0.844. The molecule has 0 bridgehead atoms. The Morgan fingerprint density at radius 1 is 1.04 bits per heavy atom. The van der Waals surface area contributed by atoms with Crippen LogP contribution in [0, 0.1) is 0 Å². The van der Waals surface area contributed by atoms with Gasteiger partial charge in [-0.2, -0.15) is 0 Å². The number of anilines is 1. The number of methoxy groups -OCH3 is 2. The second-order valence-electron chi connectivity index (χ2n) is 6.39. The molecule has 1 unspecified atom stereocenters. The average molecular weight is 381 g/mol. The molecule has 0 fully saturated rings. The summed E-state index contributed by atoms with van der Waals surface area (Å²) < 4.78 is 10.5. The van der Waals surface area contributed by atoms with Gasteiger partial charge in [-0.1, -0.05) is 24.3 Å². The number of phenolic OH excluding ortho intramolecular Hbond substituents is 1. The van der Waals surface area contributed by atoms with Crippen molar-refractivity contribution in [1.82, 2.24) is 0 Å². The summed E-state index contributed by atoms with van der Waals surface area (Å²) >= 11 is 0. The van der Waals surface area contributed by atoms with Gasteiger partial charge < -0.3 is 25.0 Å². The Labute approximate surface area is 163 Å². The molecule has 0 spiro atoms. The van der Waals surface area contributed by atoms with Gasteiger partial charge >= 0.3 is 0 Å². The van der Waals surface area contributed by atoms with Gasteiger partial charge in [-0.25, -0.2) is 0 Å². The molecule has 0 radical (unpaired) electrons. The predicted molar refractivity (Wildman–Crippen MR) is 108 cm³/mol. The number of rotatable bonds is 7. The number of carbonyl (C=O) groups is 1. The van der Waals surface area contributed by atoms with E-state index in [1.54, 1.807) is 55.6 Å². The number of aliphatic hydroxyl groups excluding tert-OH is 1. The summed E-state index contributed by atoms with van der Waals surface area (Å²) in [5, 5.41) is 24.7. The van der Waals surface area contributed by atoms with E-state index in [9.17, 15) is 15.0 Å². The maximum atomic E-state index is 12.4. The second kappa shape index (κ2) is 8.63. The van der Waals surface area contributed by atoms with Crippen LogP contribution in [0.5, 0.6) is 17.2 Å². The van der Waals surface area contributed by atoms with E-state index in [4.69, 9.17) is 9.47 Å². The number of fused-ring (bicyclic) bond motifs is 1. The number of hydrogen-bond donors (Lipinski definition) is 3. The number of amides is 1. The van der Waals surface area contributed by atoms with Crippen molar-refractivity contribution in [2.45, 2.75) is 18.9 Å². The van der Waals surface area contributed by atoms with E-state index < -0.39 is 6.10 Å². The van der Waals surface area contributed by atoms with Gasteiger partial charge in [0.15, 0.2) is 0 Å². The first-order valence-electron chi connectivity index (χ1n) is 8.94. The minimum Gasteiger partial charge on any atom is -0.507 e. The molecule has 0 aromatic heterocycles. The van der Waals surface area contributed by atoms with Crippen LogP contribution < -0.4 is 14.8 Å². The van der Waals surface area contributed by atoms with Crippen molar-refractivity contribution in [3.8, 4) is 17.2 Å². The molecule has 6 heteroatoms. The monoisotopic (exact) mass is 381 g/mol. The van der Waals surface area contributed by atoms with Crippen molar-refractivity contribution >= 4 is 22.4 Å². The van der Waals surface area contributed by atoms with Crippen molar-refractivity contribution in [2.24, 2.45) is 0 Å². The molecule has 0 saturated heterocycles. The molecule has 3 N–H and O–H groups in total. The molecule has 0 saturated carbocycles. The van der Waals surface area contributed by atoms with E-state index in [0.717, 1.165) is 5.39 Å². The number of carbonyl (C=O) groups excluding carboxylic acids is 1. The first-order valence-corrected chi connectivity index (χ1v) is 8.94. The van der Waals surface area contributed by atoms with E-state index in [1.807, 2.05) is 6.07 Å². The summed E-state index contributed by atoms with van der Waals surface area (Å²) in [4.78, 5) is 12.4. The Balaban J connectivity index is 1.67. The van der Waals surface area contributed by atoms with Gasteiger partial charge in [0.05, 0.1) is 20.3 Å². The molecule has 1 amide bonds. The lowest BCUT2D eigenvalue weighted by Gasteiger charge is -2.16. The van der Waals surface area contributed by atoms with Crippen molar-refractivity contribution in [1.29, 1.82) is 0 Å². The van der Waals surface area contributed by atoms with Gasteiger partial charge in [0.25, 0.3) is 0 Å². The van der Waals surface area contributed by atoms with Crippen molar-refractivity contribution in [2.75, 3.05) is 19.5 Å². The number of aromatic hydroxyl groups is 1. The van der Waals surface area contributed by atoms with Gasteiger partial charge in [-0.15, -0.1) is 0 Å². The van der Waals surface area contributed by atoms with Gasteiger partial charge in [0.1, 0.15) is 17.2 Å². The van der Waals surface area contributed by atoms with Crippen molar-refractivity contribution in [3.63, 3.8) is 0 Å². The smallest absolute Gasteiger partial charge is 0.224 e. The average Bonchev–Trinajstić information content (AvgIpc) is 2.72. The Morgan fingerprint density at radius 3 is 2.54 bits per heavy atom. The molecule has 28 heavy (non-hydrogen) atoms. The standard InChI is InChI=1S/C22H23NO5/c1-27-14-9-10-17(21(13-14)28-2)20(25)11-12-22(26)23-18-7-3-6-16-15(18)5-4-8-19(16)24/h3-10,13,20,24-25H,11-12H2,1-2H3,(H,23,26). The highest BCUT2D eigenvalue weighted by Crippen LogP contribution is 2.32. The van der Waals surface area contributed by atoms with Crippen LogP contribution >= 0.6 is 0 Å². The van der Waals surface area contributed by atoms with Crippen LogP contribution in [0.2, 0.25) is 0 Å². The highest BCUT2D eigenvalue weighted by Gasteiger charge is 2.16. The SMILES string of the molecule is COc1ccc(C(O)CCC(=O)Nc2cccc3c(O)cccc23)c(OC)c1. The zero-order chi connectivity index (χ0) is 20.1. The molecule has 3 aromatic carbocycles. The van der Waals surface area contributed by atoms with Gasteiger partial charge in [-0.05, 0) is 30.7 Å². The van der Waals surface area contributed by atoms with Gasteiger partial charge in [-0.3, -0.25) is 4.79 Å². The number of ether oxygens (including phenoxy) is 2. The van der Waals surface area contributed by atoms with Crippen LogP contribution in [0.25, 0.3) is 10.8 Å². The van der Waals surface area contributed by atoms with Gasteiger partial charge in [0, 0.05) is 34.5 Å². The highest BCUT2D eigenvalue weighted by molar-refractivity contribution is 6.03. The molecular weight excluding hydrogens is 358 g/mol. The van der Waals surface area contributed by atoms with E-state index in [0.29, 0.717) is 28.1 Å². The Kier molecular flexibility index (Phi) is 6.01. The first-order chi connectivity index (χ1) is 13.5. The number of hydrogen-bond acceptors (Lipinski definition) is 5. The lowest BCUT2D eigenvalue weighted by Crippen LogP contribution is -2.13. The van der Waals surface area contributed by atoms with Crippen molar-refractivity contribution < 1.29 is 24.5 Å². The highest BCUT2D eigenvalue weighted by atomic mass is 16.5. The molecule has 6 nitrogen and oxygen atoms in total. The third-order valence-corrected chi connectivity index (χ3v) is 4.62. The largest absolute Gasteiger partial charge is 0.507 e. The molecule has 0 aliphatic rings. The molecule has 0 heterocycles. The lowest BCUT2D eigenvalue weighted by atomic mass is 10.0. The van der Waals surface area contributed by atoms with E-state index in [2.05, 4.69) is 5.32 Å². The third-order valence-electron chi connectivity index (χ3n) is 4.62. The Hall–Kier alpha value is -3.25. The molecule has 1 atom stereocenters. The summed E-state index contributed by atoms with van der Waals surface area (Å²) in [5.74, 6) is 1.08. The molecule has 0 aliphatic carbocycles. The van der Waals surface area contributed by atoms with Crippen LogP contribution in [0.1, 0.15) is 24.5 Å². The molecule has 3 aromatic rings. The first kappa shape index (κ1) is 19.5. The summed E-state index contributed by atoms with van der Waals surface area (Å²) in [5.41, 5.74) is 1.22. The van der Waals surface area contributed by atoms with Crippen LogP contribution in [-0.4, -0.2) is 30.3 Å². The fraction of sp³-hybridized carbons (Fsp3) is 0.227. The molecular formula is C22H23NO5. The molecule has 3 rings (SSSR count). The van der Waals surface area contributed by atoms with Crippen LogP contribution in [0.4, 0.5) is 5.69 Å². The van der Waals surface area contributed by atoms with E-state index >= 15 is 0 Å². The maximum Gasteiger partial charge on any atom is 0.224 e. The Morgan fingerprint density at radius 2 is 1.79 bits per heavy atom. The second-order valence-corrected chi connectivity index (χ2v) is 6.39. The van der Waals surface area contributed by atoms with Crippen molar-refractivity contribution in [3.05, 3.63) is 60.2 Å². The van der Waals surface area contributed by atoms with E-state index in [-0.39, 0.29) is 24.5 Å². The summed E-state index contributed by atoms with van der Waals surface area (Å²) in [6.07, 6.45) is -0.473. The van der Waals surface area contributed by atoms with Crippen LogP contribution in [0.15, 0.2) is 54.6 Å². The van der Waals surface area contributed by atoms with Crippen LogP contribution in [0.3, 0.4) is 0 Å². The number of aliphatic hydroxyl groups is 1. The normalized spacial score (nSPS) is 11.8. The molecule has 0 aliphatic heterocycles. The zero-order valence-electron chi connectivity index (χ0n) is 15.8. The van der Waals surface area contributed by atoms with Crippen LogP contribution in [-0.2, 0) is 4.79 Å². The van der Waals surface area contributed by atoms with E-state index in [1.165, 1.54) is 7.11 Å². The topological polar surface area (TPSA) is 88.0 Å².